The summed E-state index contributed by atoms with van der Waals surface area (Å²) in [5, 5.41) is 9.56. The van der Waals surface area contributed by atoms with Gasteiger partial charge in [0.05, 0.1) is 12.1 Å². The van der Waals surface area contributed by atoms with Crippen molar-refractivity contribution < 1.29 is 9.90 Å². The maximum Gasteiger partial charge on any atom is 0.239 e. The van der Waals surface area contributed by atoms with Crippen LogP contribution >= 0.6 is 0 Å². The van der Waals surface area contributed by atoms with Crippen LogP contribution in [0.5, 0.6) is 0 Å². The normalized spacial score (nSPS) is 29.3. The largest absolute Gasteiger partial charge is 0.393 e. The van der Waals surface area contributed by atoms with Crippen LogP contribution in [0.15, 0.2) is 0 Å². The molecular weight excluding hydrogens is 192 g/mol. The van der Waals surface area contributed by atoms with Gasteiger partial charge in [0.1, 0.15) is 0 Å². The molecule has 0 aromatic carbocycles. The van der Waals surface area contributed by atoms with Gasteiger partial charge in [0.2, 0.25) is 5.91 Å². The zero-order valence-electron chi connectivity index (χ0n) is 9.81. The third-order valence-corrected chi connectivity index (χ3v) is 3.18. The number of carbonyl (C=O) groups is 1. The number of piperidine rings is 1. The highest BCUT2D eigenvalue weighted by Gasteiger charge is 2.30. The van der Waals surface area contributed by atoms with Crippen LogP contribution in [0.3, 0.4) is 0 Å². The molecule has 0 bridgehead atoms. The number of hydrogen-bond donors (Lipinski definition) is 2. The van der Waals surface area contributed by atoms with Crippen molar-refractivity contribution in [3.05, 3.63) is 0 Å². The Kier molecular flexibility index (Phi) is 4.11. The van der Waals surface area contributed by atoms with Crippen LogP contribution in [-0.4, -0.2) is 41.1 Å². The van der Waals surface area contributed by atoms with Gasteiger partial charge in [0.25, 0.3) is 0 Å². The van der Waals surface area contributed by atoms with Gasteiger partial charge in [-0.05, 0) is 18.3 Å². The molecule has 4 heteroatoms. The van der Waals surface area contributed by atoms with Gasteiger partial charge in [0, 0.05) is 13.1 Å². The van der Waals surface area contributed by atoms with Crippen LogP contribution in [0.1, 0.15) is 27.2 Å². The predicted octanol–water partition coefficient (Wildman–Crippen LogP) is 0.199. The summed E-state index contributed by atoms with van der Waals surface area (Å²) in [6.45, 7) is 7.12. The van der Waals surface area contributed by atoms with E-state index in [1.54, 1.807) is 4.90 Å². The van der Waals surface area contributed by atoms with Gasteiger partial charge in [0.15, 0.2) is 0 Å². The van der Waals surface area contributed by atoms with Crippen LogP contribution in [0.25, 0.3) is 0 Å². The first-order valence-electron chi connectivity index (χ1n) is 5.66. The molecule has 1 aliphatic heterocycles. The van der Waals surface area contributed by atoms with E-state index in [2.05, 4.69) is 0 Å². The summed E-state index contributed by atoms with van der Waals surface area (Å²) in [4.78, 5) is 13.7. The van der Waals surface area contributed by atoms with E-state index in [1.807, 2.05) is 20.8 Å². The molecule has 1 rings (SSSR count). The Bertz CT molecular complexity index is 231. The summed E-state index contributed by atoms with van der Waals surface area (Å²) in [6.07, 6.45) is 0.391. The molecule has 88 valence electrons. The Morgan fingerprint density at radius 3 is 2.60 bits per heavy atom. The molecule has 1 saturated heterocycles. The van der Waals surface area contributed by atoms with Crippen molar-refractivity contribution in [1.82, 2.24) is 4.90 Å². The topological polar surface area (TPSA) is 66.6 Å². The molecule has 1 amide bonds. The Hall–Kier alpha value is -0.610. The van der Waals surface area contributed by atoms with E-state index in [1.165, 1.54) is 0 Å². The summed E-state index contributed by atoms with van der Waals surface area (Å²) in [5.74, 6) is 0.338. The SMILES string of the molecule is CC1CN(C(=O)[C@@H](N)C(C)C)CCC1O. The second-order valence-electron chi connectivity index (χ2n) is 4.89. The Labute approximate surface area is 91.4 Å². The maximum atomic E-state index is 11.9. The van der Waals surface area contributed by atoms with Crippen LogP contribution < -0.4 is 5.73 Å². The van der Waals surface area contributed by atoms with E-state index >= 15 is 0 Å². The fraction of sp³-hybridized carbons (Fsp3) is 0.909. The summed E-state index contributed by atoms with van der Waals surface area (Å²) < 4.78 is 0. The lowest BCUT2D eigenvalue weighted by Crippen LogP contribution is -2.52. The standard InChI is InChI=1S/C11H22N2O2/c1-7(2)10(12)11(15)13-5-4-9(14)8(3)6-13/h7-10,14H,4-6,12H2,1-3H3/t8?,9?,10-/m0/s1. The minimum Gasteiger partial charge on any atom is -0.393 e. The second-order valence-corrected chi connectivity index (χ2v) is 4.89. The number of nitrogens with two attached hydrogens (primary N) is 1. The highest BCUT2D eigenvalue weighted by atomic mass is 16.3. The molecule has 1 fully saturated rings. The third kappa shape index (κ3) is 2.92. The van der Waals surface area contributed by atoms with Gasteiger partial charge in [-0.15, -0.1) is 0 Å². The minimum absolute atomic E-state index is 0.0174. The summed E-state index contributed by atoms with van der Waals surface area (Å²) in [6, 6.07) is -0.410. The smallest absolute Gasteiger partial charge is 0.239 e. The van der Waals surface area contributed by atoms with E-state index in [0.29, 0.717) is 19.5 Å². The van der Waals surface area contributed by atoms with Crippen molar-refractivity contribution in [3.63, 3.8) is 0 Å². The van der Waals surface area contributed by atoms with Gasteiger partial charge in [-0.1, -0.05) is 20.8 Å². The highest BCUT2D eigenvalue weighted by Crippen LogP contribution is 2.17. The fourth-order valence-electron chi connectivity index (χ4n) is 1.83. The quantitative estimate of drug-likeness (QED) is 0.690. The lowest BCUT2D eigenvalue weighted by atomic mass is 9.95. The average Bonchev–Trinajstić information content (AvgIpc) is 2.19. The van der Waals surface area contributed by atoms with Crippen LogP contribution in [0, 0.1) is 11.8 Å². The van der Waals surface area contributed by atoms with E-state index in [4.69, 9.17) is 5.73 Å². The zero-order chi connectivity index (χ0) is 11.6. The van der Waals surface area contributed by atoms with Crippen LogP contribution in [0.4, 0.5) is 0 Å². The minimum atomic E-state index is -0.410. The van der Waals surface area contributed by atoms with E-state index in [0.717, 1.165) is 0 Å². The van der Waals surface area contributed by atoms with Gasteiger partial charge in [-0.2, -0.15) is 0 Å². The predicted molar refractivity (Wildman–Crippen MR) is 59.2 cm³/mol. The van der Waals surface area contributed by atoms with Gasteiger partial charge >= 0.3 is 0 Å². The molecule has 3 N–H and O–H groups in total. The van der Waals surface area contributed by atoms with Crippen molar-refractivity contribution >= 4 is 5.91 Å². The van der Waals surface area contributed by atoms with Crippen molar-refractivity contribution in [2.24, 2.45) is 17.6 Å². The summed E-state index contributed by atoms with van der Waals surface area (Å²) in [5.41, 5.74) is 5.82. The molecule has 0 aromatic heterocycles. The van der Waals surface area contributed by atoms with Crippen molar-refractivity contribution in [2.75, 3.05) is 13.1 Å². The number of aliphatic hydroxyl groups is 1. The first-order valence-corrected chi connectivity index (χ1v) is 5.66. The molecule has 4 nitrogen and oxygen atoms in total. The molecule has 0 aromatic rings. The first kappa shape index (κ1) is 12.5. The van der Waals surface area contributed by atoms with Crippen molar-refractivity contribution in [2.45, 2.75) is 39.3 Å². The van der Waals surface area contributed by atoms with Gasteiger partial charge in [-0.3, -0.25) is 4.79 Å². The lowest BCUT2D eigenvalue weighted by molar-refractivity contribution is -0.137. The zero-order valence-corrected chi connectivity index (χ0v) is 9.81. The van der Waals surface area contributed by atoms with Gasteiger partial charge in [-0.25, -0.2) is 0 Å². The number of carbonyl (C=O) groups excluding carboxylic acids is 1. The van der Waals surface area contributed by atoms with E-state index in [-0.39, 0.29) is 23.8 Å². The lowest BCUT2D eigenvalue weighted by Gasteiger charge is -2.36. The number of amides is 1. The molecule has 1 aliphatic rings. The third-order valence-electron chi connectivity index (χ3n) is 3.18. The second kappa shape index (κ2) is 4.94. The molecule has 2 unspecified atom stereocenters. The fourth-order valence-corrected chi connectivity index (χ4v) is 1.83. The molecule has 0 aliphatic carbocycles. The molecular formula is C11H22N2O2. The van der Waals surface area contributed by atoms with Gasteiger partial charge < -0.3 is 15.7 Å². The summed E-state index contributed by atoms with van der Waals surface area (Å²) in [7, 11) is 0. The molecule has 0 spiro atoms. The number of nitrogens with zero attached hydrogens (tertiary/aromatic N) is 1. The molecule has 0 saturated carbocycles. The Morgan fingerprint density at radius 1 is 1.53 bits per heavy atom. The average molecular weight is 214 g/mol. The first-order chi connectivity index (χ1) is 6.93. The highest BCUT2D eigenvalue weighted by molar-refractivity contribution is 5.82. The van der Waals surface area contributed by atoms with Crippen molar-refractivity contribution in [1.29, 1.82) is 0 Å². The Morgan fingerprint density at radius 2 is 2.13 bits per heavy atom. The van der Waals surface area contributed by atoms with E-state index in [9.17, 15) is 9.90 Å². The number of aliphatic hydroxyl groups excluding tert-OH is 1. The van der Waals surface area contributed by atoms with E-state index < -0.39 is 6.04 Å². The molecule has 3 atom stereocenters. The maximum absolute atomic E-state index is 11.9. The van der Waals surface area contributed by atoms with Crippen molar-refractivity contribution in [3.8, 4) is 0 Å². The molecule has 15 heavy (non-hydrogen) atoms. The molecule has 1 heterocycles. The van der Waals surface area contributed by atoms with Crippen LogP contribution in [-0.2, 0) is 4.79 Å². The summed E-state index contributed by atoms with van der Waals surface area (Å²) >= 11 is 0. The monoisotopic (exact) mass is 214 g/mol. The number of hydrogen-bond acceptors (Lipinski definition) is 3. The Balaban J connectivity index is 2.54. The van der Waals surface area contributed by atoms with Crippen LogP contribution in [0.2, 0.25) is 0 Å². The molecule has 0 radical (unpaired) electrons. The number of likely N-dealkylation sites (tertiary alicyclic amines) is 1. The number of rotatable bonds is 2.